The van der Waals surface area contributed by atoms with Gasteiger partial charge in [-0.25, -0.2) is 18.2 Å². The van der Waals surface area contributed by atoms with Crippen molar-refractivity contribution in [1.29, 1.82) is 0 Å². The van der Waals surface area contributed by atoms with Crippen LogP contribution >= 0.6 is 11.3 Å². The Morgan fingerprint density at radius 2 is 1.95 bits per heavy atom. The zero-order valence-corrected chi connectivity index (χ0v) is 24.0. The van der Waals surface area contributed by atoms with E-state index in [9.17, 15) is 27.1 Å². The number of hydrogen-bond donors (Lipinski definition) is 3. The van der Waals surface area contributed by atoms with Crippen molar-refractivity contribution in [3.63, 3.8) is 0 Å². The number of nitrogen functional groups attached to an aromatic ring is 1. The number of halogens is 6. The van der Waals surface area contributed by atoms with Crippen molar-refractivity contribution in [3.05, 3.63) is 35.4 Å². The fourth-order valence-corrected chi connectivity index (χ4v) is 7.67. The molecule has 1 saturated carbocycles. The predicted octanol–water partition coefficient (Wildman–Crippen LogP) is 5.92. The van der Waals surface area contributed by atoms with Gasteiger partial charge in [-0.05, 0) is 56.3 Å². The highest BCUT2D eigenvalue weighted by Gasteiger charge is 2.49. The van der Waals surface area contributed by atoms with Gasteiger partial charge in [0.15, 0.2) is 10.9 Å². The molecule has 1 aliphatic carbocycles. The summed E-state index contributed by atoms with van der Waals surface area (Å²) in [6.45, 7) is 0.997. The van der Waals surface area contributed by atoms with Gasteiger partial charge in [-0.1, -0.05) is 11.3 Å². The number of benzene rings is 2. The molecule has 2 aliphatic heterocycles. The first kappa shape index (κ1) is 29.3. The Morgan fingerprint density at radius 1 is 1.16 bits per heavy atom. The maximum absolute atomic E-state index is 16.6. The van der Waals surface area contributed by atoms with Gasteiger partial charge in [0.25, 0.3) is 0 Å². The third kappa shape index (κ3) is 4.88. The van der Waals surface area contributed by atoms with E-state index in [0.29, 0.717) is 25.8 Å². The first-order valence-corrected chi connectivity index (χ1v) is 15.1. The van der Waals surface area contributed by atoms with E-state index in [2.05, 4.69) is 20.3 Å². The van der Waals surface area contributed by atoms with E-state index in [1.807, 2.05) is 4.90 Å². The van der Waals surface area contributed by atoms with Crippen LogP contribution in [0.1, 0.15) is 37.7 Å². The summed E-state index contributed by atoms with van der Waals surface area (Å²) in [6.07, 6.45) is -3.13. The molecular formula is C29H28F6N6O2S. The molecule has 2 saturated heterocycles. The van der Waals surface area contributed by atoms with E-state index in [1.165, 1.54) is 0 Å². The van der Waals surface area contributed by atoms with Crippen LogP contribution in [0.25, 0.3) is 32.2 Å². The molecule has 3 fully saturated rings. The second-order valence-corrected chi connectivity index (χ2v) is 12.9. The third-order valence-electron chi connectivity index (χ3n) is 9.06. The highest BCUT2D eigenvalue weighted by Crippen LogP contribution is 2.46. The zero-order valence-electron chi connectivity index (χ0n) is 23.2. The number of nitrogens with one attached hydrogen (secondary N) is 1. The van der Waals surface area contributed by atoms with Crippen LogP contribution in [0.5, 0.6) is 6.01 Å². The number of aliphatic hydroxyl groups excluding tert-OH is 1. The quantitative estimate of drug-likeness (QED) is 0.214. The molecule has 4 N–H and O–H groups in total. The van der Waals surface area contributed by atoms with Gasteiger partial charge in [0.2, 0.25) is 0 Å². The monoisotopic (exact) mass is 638 g/mol. The molecule has 3 aliphatic rings. The minimum absolute atomic E-state index is 0.0280. The van der Waals surface area contributed by atoms with Crippen molar-refractivity contribution in [2.75, 3.05) is 37.4 Å². The Hall–Kier alpha value is -3.43. The van der Waals surface area contributed by atoms with Crippen molar-refractivity contribution < 1.29 is 36.2 Å². The maximum Gasteiger partial charge on any atom is 0.417 e. The zero-order chi connectivity index (χ0) is 31.0. The Kier molecular flexibility index (Phi) is 7.05. The third-order valence-corrected chi connectivity index (χ3v) is 9.96. The van der Waals surface area contributed by atoms with Crippen molar-refractivity contribution >= 4 is 43.4 Å². The number of thiazole rings is 1. The molecule has 0 radical (unpaired) electrons. The molecule has 0 unspecified atom stereocenters. The van der Waals surface area contributed by atoms with Gasteiger partial charge >= 0.3 is 12.2 Å². The summed E-state index contributed by atoms with van der Waals surface area (Å²) in [5.74, 6) is -2.08. The van der Waals surface area contributed by atoms with Crippen molar-refractivity contribution in [2.45, 2.75) is 56.0 Å². The number of rotatable bonds is 7. The lowest BCUT2D eigenvalue weighted by molar-refractivity contribution is -0.137. The summed E-state index contributed by atoms with van der Waals surface area (Å²) >= 11 is 0.743. The van der Waals surface area contributed by atoms with Gasteiger partial charge in [-0.2, -0.15) is 23.1 Å². The van der Waals surface area contributed by atoms with E-state index >= 15 is 4.39 Å². The summed E-state index contributed by atoms with van der Waals surface area (Å²) in [7, 11) is 0. The van der Waals surface area contributed by atoms with E-state index in [4.69, 9.17) is 10.5 Å². The number of nitrogens with zero attached hydrogens (tertiary/aromatic N) is 4. The Labute approximate surface area is 251 Å². The smallest absolute Gasteiger partial charge is 0.417 e. The predicted molar refractivity (Wildman–Crippen MR) is 153 cm³/mol. The average molecular weight is 639 g/mol. The van der Waals surface area contributed by atoms with Gasteiger partial charge in [-0.3, -0.25) is 4.90 Å². The number of nitrogens with two attached hydrogens (primary N) is 1. The summed E-state index contributed by atoms with van der Waals surface area (Å²) in [6, 6.07) is 2.26. The number of anilines is 2. The molecule has 4 heterocycles. The fourth-order valence-electron chi connectivity index (χ4n) is 6.91. The van der Waals surface area contributed by atoms with Crippen LogP contribution < -0.4 is 15.8 Å². The Morgan fingerprint density at radius 3 is 2.70 bits per heavy atom. The molecule has 7 rings (SSSR count). The lowest BCUT2D eigenvalue weighted by atomic mass is 9.81. The molecule has 2 aromatic heterocycles. The van der Waals surface area contributed by atoms with Gasteiger partial charge in [-0.15, -0.1) is 0 Å². The van der Waals surface area contributed by atoms with Gasteiger partial charge in [0, 0.05) is 42.1 Å². The van der Waals surface area contributed by atoms with E-state index in [0.717, 1.165) is 36.0 Å². The number of aliphatic hydroxyl groups is 1. The lowest BCUT2D eigenvalue weighted by Gasteiger charge is -2.35. The van der Waals surface area contributed by atoms with Gasteiger partial charge in [0.1, 0.15) is 29.9 Å². The first-order chi connectivity index (χ1) is 21.0. The maximum atomic E-state index is 16.6. The molecule has 44 heavy (non-hydrogen) atoms. The Bertz CT molecular complexity index is 1760. The van der Waals surface area contributed by atoms with Crippen molar-refractivity contribution in [1.82, 2.24) is 19.9 Å². The van der Waals surface area contributed by atoms with E-state index < -0.39 is 46.2 Å². The molecule has 0 spiro atoms. The topological polar surface area (TPSA) is 109 Å². The van der Waals surface area contributed by atoms with Crippen LogP contribution in [0.15, 0.2) is 18.2 Å². The molecule has 234 valence electrons. The first-order valence-electron chi connectivity index (χ1n) is 14.3. The molecule has 2 aromatic carbocycles. The lowest BCUT2D eigenvalue weighted by Crippen LogP contribution is -2.43. The molecule has 15 heteroatoms. The highest BCUT2D eigenvalue weighted by molar-refractivity contribution is 7.22. The molecular weight excluding hydrogens is 610 g/mol. The largest absolute Gasteiger partial charge is 0.461 e. The van der Waals surface area contributed by atoms with Crippen LogP contribution in [0.3, 0.4) is 0 Å². The van der Waals surface area contributed by atoms with Gasteiger partial charge in [0.05, 0.1) is 21.3 Å². The molecule has 2 atom stereocenters. The summed E-state index contributed by atoms with van der Waals surface area (Å²) in [4.78, 5) is 14.6. The van der Waals surface area contributed by atoms with E-state index in [1.54, 1.807) is 0 Å². The normalized spacial score (nSPS) is 25.5. The van der Waals surface area contributed by atoms with Crippen LogP contribution in [0.4, 0.5) is 37.3 Å². The molecule has 0 amide bonds. The standard InChI is InChI=1S/C29H28F6N6O2S/c30-14-9-28(4-1-5-41(28)10-14)12-43-27-39-22-17(25(40-27)37-15-6-13(7-15)11-42)8-18(29(33,34)35)20(21(22)32)16-2-3-19(31)24-23(16)38-26(36)44-24/h2-3,8,13-15,42H,1,4-7,9-12H2,(H2,36,38)(H,37,39,40)/t13-,14-,15-,28+/m1/s1. The average Bonchev–Trinajstić information content (AvgIpc) is 3.61. The van der Waals surface area contributed by atoms with Crippen LogP contribution in [0, 0.1) is 17.6 Å². The molecule has 0 bridgehead atoms. The second-order valence-electron chi connectivity index (χ2n) is 11.9. The fraction of sp³-hybridized carbons (Fsp3) is 0.483. The SMILES string of the molecule is Nc1nc2c(-c3c(C(F)(F)F)cc4c(N[C@H]5C[C@H](CO)C5)nc(OC[C@@]56CCCN5C[C@H](F)C6)nc4c3F)ccc(F)c2s1. The minimum Gasteiger partial charge on any atom is -0.461 e. The summed E-state index contributed by atoms with van der Waals surface area (Å²) in [5, 5.41) is 12.2. The van der Waals surface area contributed by atoms with Crippen LogP contribution in [0.2, 0.25) is 0 Å². The number of alkyl halides is 4. The molecule has 4 aromatic rings. The highest BCUT2D eigenvalue weighted by atomic mass is 32.1. The van der Waals surface area contributed by atoms with E-state index in [-0.39, 0.29) is 76.3 Å². The number of ether oxygens (including phenoxy) is 1. The second kappa shape index (κ2) is 10.6. The number of aromatic nitrogens is 3. The van der Waals surface area contributed by atoms with Crippen molar-refractivity contribution in [3.8, 4) is 17.1 Å². The number of hydrogen-bond acceptors (Lipinski definition) is 9. The van der Waals surface area contributed by atoms with Gasteiger partial charge < -0.3 is 20.9 Å². The summed E-state index contributed by atoms with van der Waals surface area (Å²) < 4.78 is 95.1. The number of fused-ring (bicyclic) bond motifs is 3. The van der Waals surface area contributed by atoms with Crippen molar-refractivity contribution in [2.24, 2.45) is 5.92 Å². The minimum atomic E-state index is -5.02. The Balaban J connectivity index is 1.38. The van der Waals surface area contributed by atoms with Crippen LogP contribution in [-0.2, 0) is 6.18 Å². The summed E-state index contributed by atoms with van der Waals surface area (Å²) in [5.41, 5.74) is 2.09. The molecule has 8 nitrogen and oxygen atoms in total. The van der Waals surface area contributed by atoms with Crippen LogP contribution in [-0.4, -0.2) is 69.0 Å².